The maximum atomic E-state index is 13.7. The number of aromatic nitrogens is 4. The SMILES string of the molecule is CN(C)C(=O)c1ccc2c(c1)CCc1cc(C(=O)N(C)C)ccc1C2(C[C@H](NCC(=O)N1C(C#N)C[C@@H]2C[C@@H]21)C1CCC1)c1nn[nH]n1. The molecule has 2 heterocycles. The number of hydrogen-bond donors (Lipinski definition) is 2. The van der Waals surface area contributed by atoms with Crippen molar-refractivity contribution >= 4 is 17.7 Å². The number of fused-ring (bicyclic) bond motifs is 3. The molecule has 0 radical (unpaired) electrons. The molecule has 4 atom stereocenters. The van der Waals surface area contributed by atoms with Gasteiger partial charge in [0.15, 0.2) is 5.82 Å². The van der Waals surface area contributed by atoms with Gasteiger partial charge in [0, 0.05) is 51.4 Å². The zero-order valence-electron chi connectivity index (χ0n) is 28.1. The lowest BCUT2D eigenvalue weighted by Crippen LogP contribution is -2.50. The number of carbonyl (C=O) groups is 3. The van der Waals surface area contributed by atoms with Crippen LogP contribution >= 0.6 is 0 Å². The number of piperidine rings is 1. The molecule has 1 aliphatic heterocycles. The number of tetrazole rings is 1. The number of hydrogen-bond acceptors (Lipinski definition) is 8. The van der Waals surface area contributed by atoms with Gasteiger partial charge in [0.05, 0.1) is 18.0 Å². The fourth-order valence-corrected chi connectivity index (χ4v) is 8.34. The van der Waals surface area contributed by atoms with Gasteiger partial charge in [-0.1, -0.05) is 23.8 Å². The Kier molecular flexibility index (Phi) is 8.27. The lowest BCUT2D eigenvalue weighted by atomic mass is 9.64. The third-order valence-corrected chi connectivity index (χ3v) is 11.1. The van der Waals surface area contributed by atoms with Crippen molar-refractivity contribution < 1.29 is 14.4 Å². The minimum absolute atomic E-state index is 0.0233. The minimum Gasteiger partial charge on any atom is -0.345 e. The van der Waals surface area contributed by atoms with Gasteiger partial charge in [-0.25, -0.2) is 0 Å². The molecule has 12 heteroatoms. The molecule has 1 unspecified atom stereocenters. The van der Waals surface area contributed by atoms with Gasteiger partial charge in [-0.3, -0.25) is 14.4 Å². The number of aryl methyl sites for hydroxylation is 2. The Labute approximate surface area is 280 Å². The number of aromatic amines is 1. The third kappa shape index (κ3) is 5.44. The molecule has 12 nitrogen and oxygen atoms in total. The molecule has 48 heavy (non-hydrogen) atoms. The van der Waals surface area contributed by atoms with Gasteiger partial charge in [-0.15, -0.1) is 10.2 Å². The van der Waals surface area contributed by atoms with Crippen molar-refractivity contribution in [3.05, 3.63) is 75.6 Å². The highest BCUT2D eigenvalue weighted by Crippen LogP contribution is 2.50. The molecule has 3 fully saturated rings. The van der Waals surface area contributed by atoms with Crippen molar-refractivity contribution in [1.29, 1.82) is 5.26 Å². The second-order valence-corrected chi connectivity index (χ2v) is 14.4. The predicted octanol–water partition coefficient (Wildman–Crippen LogP) is 2.70. The summed E-state index contributed by atoms with van der Waals surface area (Å²) in [5, 5.41) is 29.4. The van der Waals surface area contributed by atoms with Crippen molar-refractivity contribution in [2.24, 2.45) is 11.8 Å². The highest BCUT2D eigenvalue weighted by atomic mass is 16.2. The Balaban J connectivity index is 1.34. The van der Waals surface area contributed by atoms with E-state index >= 15 is 0 Å². The van der Waals surface area contributed by atoms with Gasteiger partial charge in [0.25, 0.3) is 11.8 Å². The average Bonchev–Trinajstić information content (AvgIpc) is 3.44. The summed E-state index contributed by atoms with van der Waals surface area (Å²) >= 11 is 0. The van der Waals surface area contributed by atoms with Crippen LogP contribution in [-0.4, -0.2) is 106 Å². The van der Waals surface area contributed by atoms with E-state index in [1.54, 1.807) is 38.0 Å². The van der Waals surface area contributed by atoms with Crippen LogP contribution in [0.3, 0.4) is 0 Å². The van der Waals surface area contributed by atoms with Gasteiger partial charge in [-0.05, 0) is 103 Å². The number of rotatable bonds is 9. The number of nitrogens with zero attached hydrogens (tertiary/aromatic N) is 7. The van der Waals surface area contributed by atoms with Crippen LogP contribution in [0.1, 0.15) is 87.3 Å². The van der Waals surface area contributed by atoms with Crippen LogP contribution in [0.2, 0.25) is 0 Å². The number of likely N-dealkylation sites (tertiary alicyclic amines) is 1. The normalized spacial score (nSPS) is 22.6. The summed E-state index contributed by atoms with van der Waals surface area (Å²) in [6.45, 7) is 0.150. The molecule has 2 aromatic carbocycles. The number of nitrogens with one attached hydrogen (secondary N) is 2. The van der Waals surface area contributed by atoms with E-state index in [1.807, 2.05) is 41.3 Å². The Bertz CT molecular complexity index is 1700. The summed E-state index contributed by atoms with van der Waals surface area (Å²) in [5.74, 6) is 1.12. The number of benzene rings is 2. The van der Waals surface area contributed by atoms with E-state index in [0.29, 0.717) is 48.0 Å². The highest BCUT2D eigenvalue weighted by molar-refractivity contribution is 5.95. The molecular formula is C36H43N9O3. The standard InChI is InChI=1S/C36H43N9O3/c1-43(2)33(47)24-10-12-28-22(14-24)8-9-23-15-25(34(48)44(3)4)11-13-29(23)36(28,35-39-41-42-40-35)18-30(21-6-5-7-21)38-20-32(46)45-27(19-37)16-26-17-31(26)45/h10-15,21,26-27,30-31,38H,5-9,16-18,20H2,1-4H3,(H,39,40,41,42)/t26-,27?,30+,31+/m1/s1. The fourth-order valence-electron chi connectivity index (χ4n) is 8.34. The molecule has 0 bridgehead atoms. The maximum Gasteiger partial charge on any atom is 0.253 e. The highest BCUT2D eigenvalue weighted by Gasteiger charge is 2.54. The molecule has 0 spiro atoms. The van der Waals surface area contributed by atoms with Gasteiger partial charge in [0.2, 0.25) is 5.91 Å². The van der Waals surface area contributed by atoms with E-state index in [1.165, 1.54) is 0 Å². The topological polar surface area (TPSA) is 151 Å². The maximum absolute atomic E-state index is 13.7. The van der Waals surface area contributed by atoms with Gasteiger partial charge in [0.1, 0.15) is 6.04 Å². The molecule has 1 saturated heterocycles. The lowest BCUT2D eigenvalue weighted by Gasteiger charge is -2.42. The lowest BCUT2D eigenvalue weighted by molar-refractivity contribution is -0.131. The van der Waals surface area contributed by atoms with Crippen LogP contribution in [-0.2, 0) is 23.1 Å². The van der Waals surface area contributed by atoms with Crippen LogP contribution in [0, 0.1) is 23.2 Å². The fraction of sp³-hybridized carbons (Fsp3) is 0.528. The van der Waals surface area contributed by atoms with Crippen LogP contribution in [0.5, 0.6) is 0 Å². The summed E-state index contributed by atoms with van der Waals surface area (Å²) in [7, 11) is 6.99. The van der Waals surface area contributed by atoms with Gasteiger partial charge >= 0.3 is 0 Å². The third-order valence-electron chi connectivity index (χ3n) is 11.1. The van der Waals surface area contributed by atoms with Crippen LogP contribution in [0.4, 0.5) is 0 Å². The van der Waals surface area contributed by atoms with Crippen LogP contribution in [0.15, 0.2) is 36.4 Å². The Hall–Kier alpha value is -4.63. The summed E-state index contributed by atoms with van der Waals surface area (Å²) in [5.41, 5.74) is 4.33. The average molecular weight is 650 g/mol. The van der Waals surface area contributed by atoms with E-state index in [-0.39, 0.29) is 42.4 Å². The molecule has 3 aliphatic carbocycles. The molecule has 2 saturated carbocycles. The summed E-state index contributed by atoms with van der Waals surface area (Å²) in [4.78, 5) is 44.9. The van der Waals surface area contributed by atoms with E-state index in [9.17, 15) is 19.6 Å². The number of carbonyl (C=O) groups excluding carboxylic acids is 3. The minimum atomic E-state index is -0.895. The largest absolute Gasteiger partial charge is 0.345 e. The smallest absolute Gasteiger partial charge is 0.253 e. The first-order valence-electron chi connectivity index (χ1n) is 17.0. The molecule has 1 aromatic heterocycles. The van der Waals surface area contributed by atoms with Crippen molar-refractivity contribution in [2.75, 3.05) is 34.7 Å². The molecule has 250 valence electrons. The Morgan fingerprint density at radius 2 is 1.62 bits per heavy atom. The monoisotopic (exact) mass is 649 g/mol. The first-order chi connectivity index (χ1) is 23.1. The first kappa shape index (κ1) is 31.9. The predicted molar refractivity (Wildman–Crippen MR) is 177 cm³/mol. The van der Waals surface area contributed by atoms with Gasteiger partial charge in [-0.2, -0.15) is 10.5 Å². The first-order valence-corrected chi connectivity index (χ1v) is 17.0. The van der Waals surface area contributed by atoms with Crippen molar-refractivity contribution in [1.82, 2.24) is 40.6 Å². The number of nitriles is 1. The second kappa shape index (κ2) is 12.4. The van der Waals surface area contributed by atoms with E-state index < -0.39 is 5.41 Å². The quantitative estimate of drug-likeness (QED) is 0.359. The van der Waals surface area contributed by atoms with Crippen LogP contribution < -0.4 is 5.32 Å². The summed E-state index contributed by atoms with van der Waals surface area (Å²) < 4.78 is 0. The van der Waals surface area contributed by atoms with E-state index in [0.717, 1.165) is 54.4 Å². The Morgan fingerprint density at radius 1 is 1.00 bits per heavy atom. The van der Waals surface area contributed by atoms with Gasteiger partial charge < -0.3 is 20.0 Å². The Morgan fingerprint density at radius 3 is 2.12 bits per heavy atom. The van der Waals surface area contributed by atoms with Crippen LogP contribution in [0.25, 0.3) is 0 Å². The second-order valence-electron chi connectivity index (χ2n) is 14.4. The molecule has 7 rings (SSSR count). The molecular weight excluding hydrogens is 606 g/mol. The molecule has 2 N–H and O–H groups in total. The number of H-pyrrole nitrogens is 1. The summed E-state index contributed by atoms with van der Waals surface area (Å²) in [6, 6.07) is 13.9. The van der Waals surface area contributed by atoms with E-state index in [4.69, 9.17) is 0 Å². The number of amides is 3. The van der Waals surface area contributed by atoms with Crippen molar-refractivity contribution in [3.8, 4) is 6.07 Å². The zero-order chi connectivity index (χ0) is 33.7. The zero-order valence-corrected chi connectivity index (χ0v) is 28.1. The molecule has 4 aliphatic rings. The van der Waals surface area contributed by atoms with E-state index in [2.05, 4.69) is 32.0 Å². The van der Waals surface area contributed by atoms with Crippen molar-refractivity contribution in [2.45, 2.75) is 74.9 Å². The van der Waals surface area contributed by atoms with Crippen molar-refractivity contribution in [3.63, 3.8) is 0 Å². The summed E-state index contributed by atoms with van der Waals surface area (Å²) in [6.07, 6.45) is 6.81. The molecule has 3 amide bonds. The molecule has 3 aromatic rings.